The molecule has 6 nitrogen and oxygen atoms in total. The molecule has 1 N–H and O–H groups in total. The van der Waals surface area contributed by atoms with Gasteiger partial charge in [-0.2, -0.15) is 0 Å². The molecular formula is C19H15N3O3S2. The molecule has 0 amide bonds. The SMILES string of the molecule is C=C(O)c1nc(-c2ccc(Sc3ccccc3)c([N+](=O)[O-])c2)sc1/N=C\C. The average molecular weight is 397 g/mol. The van der Waals surface area contributed by atoms with Gasteiger partial charge in [0.2, 0.25) is 0 Å². The second-order valence-corrected chi connectivity index (χ2v) is 7.45. The van der Waals surface area contributed by atoms with Gasteiger partial charge >= 0.3 is 0 Å². The predicted molar refractivity (Wildman–Crippen MR) is 110 cm³/mol. The van der Waals surface area contributed by atoms with Crippen molar-refractivity contribution in [1.82, 2.24) is 4.98 Å². The minimum absolute atomic E-state index is 0.00136. The van der Waals surface area contributed by atoms with Gasteiger partial charge in [-0.15, -0.1) is 0 Å². The van der Waals surface area contributed by atoms with E-state index in [9.17, 15) is 15.2 Å². The van der Waals surface area contributed by atoms with Gasteiger partial charge < -0.3 is 5.11 Å². The third-order valence-electron chi connectivity index (χ3n) is 3.50. The lowest BCUT2D eigenvalue weighted by Gasteiger charge is -2.04. The van der Waals surface area contributed by atoms with Crippen molar-refractivity contribution in [3.8, 4) is 10.6 Å². The van der Waals surface area contributed by atoms with Crippen LogP contribution in [0.15, 0.2) is 69.9 Å². The van der Waals surface area contributed by atoms with E-state index in [0.29, 0.717) is 20.5 Å². The van der Waals surface area contributed by atoms with E-state index in [4.69, 9.17) is 0 Å². The zero-order valence-corrected chi connectivity index (χ0v) is 16.0. The Morgan fingerprint density at radius 3 is 2.70 bits per heavy atom. The summed E-state index contributed by atoms with van der Waals surface area (Å²) in [5, 5.41) is 22.3. The Morgan fingerprint density at radius 1 is 1.33 bits per heavy atom. The summed E-state index contributed by atoms with van der Waals surface area (Å²) in [6.45, 7) is 5.25. The molecule has 27 heavy (non-hydrogen) atoms. The Labute approximate surface area is 164 Å². The summed E-state index contributed by atoms with van der Waals surface area (Å²) in [5.41, 5.74) is 0.865. The number of thiazole rings is 1. The van der Waals surface area contributed by atoms with Gasteiger partial charge in [0.05, 0.1) is 9.82 Å². The second kappa shape index (κ2) is 8.15. The highest BCUT2D eigenvalue weighted by Gasteiger charge is 2.20. The van der Waals surface area contributed by atoms with E-state index in [1.54, 1.807) is 25.3 Å². The van der Waals surface area contributed by atoms with Crippen molar-refractivity contribution in [3.05, 3.63) is 70.9 Å². The van der Waals surface area contributed by atoms with E-state index in [1.165, 1.54) is 29.2 Å². The maximum Gasteiger partial charge on any atom is 0.283 e. The number of nitro benzene ring substituents is 1. The predicted octanol–water partition coefficient (Wildman–Crippen LogP) is 6.12. The number of aliphatic imine (C=N–C) groups is 1. The lowest BCUT2D eigenvalue weighted by atomic mass is 10.2. The quantitative estimate of drug-likeness (QED) is 0.234. The van der Waals surface area contributed by atoms with E-state index in [0.717, 1.165) is 4.90 Å². The van der Waals surface area contributed by atoms with Crippen LogP contribution in [0.25, 0.3) is 16.3 Å². The molecule has 0 saturated carbocycles. The fraction of sp³-hybridized carbons (Fsp3) is 0.0526. The van der Waals surface area contributed by atoms with Gasteiger partial charge in [-0.25, -0.2) is 9.98 Å². The molecular weight excluding hydrogens is 382 g/mol. The van der Waals surface area contributed by atoms with Crippen molar-refractivity contribution < 1.29 is 10.0 Å². The van der Waals surface area contributed by atoms with Crippen LogP contribution in [-0.4, -0.2) is 21.2 Å². The number of aliphatic hydroxyl groups is 1. The first kappa shape index (κ1) is 18.8. The number of hydrogen-bond acceptors (Lipinski definition) is 7. The smallest absolute Gasteiger partial charge is 0.283 e. The zero-order valence-electron chi connectivity index (χ0n) is 14.3. The molecule has 1 aromatic heterocycles. The van der Waals surface area contributed by atoms with Crippen LogP contribution in [0.5, 0.6) is 0 Å². The van der Waals surface area contributed by atoms with E-state index >= 15 is 0 Å². The molecule has 0 aliphatic rings. The number of hydrogen-bond donors (Lipinski definition) is 1. The largest absolute Gasteiger partial charge is 0.506 e. The maximum atomic E-state index is 11.6. The summed E-state index contributed by atoms with van der Waals surface area (Å²) >= 11 is 2.57. The highest BCUT2D eigenvalue weighted by Crippen LogP contribution is 2.41. The molecule has 0 spiro atoms. The van der Waals surface area contributed by atoms with Crippen LogP contribution in [0.3, 0.4) is 0 Å². The van der Waals surface area contributed by atoms with E-state index in [-0.39, 0.29) is 17.1 Å². The molecule has 0 aliphatic heterocycles. The average Bonchev–Trinajstić information content (AvgIpc) is 3.07. The molecule has 1 heterocycles. The molecule has 0 radical (unpaired) electrons. The standard InChI is InChI=1S/C19H15N3O3S2/c1-3-20-19-17(12(2)23)21-18(27-19)13-9-10-16(15(11-13)22(24)25)26-14-7-5-4-6-8-14/h3-11,23H,2H2,1H3/b20-3-. The third kappa shape index (κ3) is 4.24. The summed E-state index contributed by atoms with van der Waals surface area (Å²) in [4.78, 5) is 21.2. The van der Waals surface area contributed by atoms with Crippen LogP contribution < -0.4 is 0 Å². The van der Waals surface area contributed by atoms with Gasteiger partial charge in [-0.1, -0.05) is 53.9 Å². The third-order valence-corrected chi connectivity index (χ3v) is 5.59. The molecule has 0 saturated heterocycles. The van der Waals surface area contributed by atoms with Crippen molar-refractivity contribution in [1.29, 1.82) is 0 Å². The highest BCUT2D eigenvalue weighted by atomic mass is 32.2. The number of rotatable bonds is 6. The Bertz CT molecular complexity index is 1030. The van der Waals surface area contributed by atoms with Crippen LogP contribution in [0.4, 0.5) is 10.7 Å². The van der Waals surface area contributed by atoms with Crippen LogP contribution in [-0.2, 0) is 0 Å². The van der Waals surface area contributed by atoms with Gasteiger partial charge in [-0.3, -0.25) is 10.1 Å². The van der Waals surface area contributed by atoms with Gasteiger partial charge in [0.15, 0.2) is 0 Å². The second-order valence-electron chi connectivity index (χ2n) is 5.36. The molecule has 3 rings (SSSR count). The number of aromatic nitrogens is 1. The van der Waals surface area contributed by atoms with Crippen LogP contribution in [0, 0.1) is 10.1 Å². The molecule has 0 atom stereocenters. The zero-order chi connectivity index (χ0) is 19.4. The van der Waals surface area contributed by atoms with Gasteiger partial charge in [0, 0.05) is 22.7 Å². The number of nitro groups is 1. The lowest BCUT2D eigenvalue weighted by molar-refractivity contribution is -0.387. The Morgan fingerprint density at radius 2 is 2.07 bits per heavy atom. The fourth-order valence-electron chi connectivity index (χ4n) is 2.32. The molecule has 8 heteroatoms. The topological polar surface area (TPSA) is 88.6 Å². The first-order valence-corrected chi connectivity index (χ1v) is 9.52. The van der Waals surface area contributed by atoms with E-state index in [2.05, 4.69) is 16.6 Å². The molecule has 0 fully saturated rings. The van der Waals surface area contributed by atoms with Gasteiger partial charge in [0.1, 0.15) is 21.5 Å². The maximum absolute atomic E-state index is 11.6. The Balaban J connectivity index is 2.03. The number of aliphatic hydroxyl groups excluding tert-OH is 1. The van der Waals surface area contributed by atoms with Gasteiger partial charge in [-0.05, 0) is 25.1 Å². The number of nitrogens with zero attached hydrogens (tertiary/aromatic N) is 3. The molecule has 136 valence electrons. The van der Waals surface area contributed by atoms with Crippen molar-refractivity contribution in [3.63, 3.8) is 0 Å². The summed E-state index contributed by atoms with van der Waals surface area (Å²) in [6.07, 6.45) is 1.59. The minimum Gasteiger partial charge on any atom is -0.506 e. The van der Waals surface area contributed by atoms with Gasteiger partial charge in [0.25, 0.3) is 5.69 Å². The Kier molecular flexibility index (Phi) is 5.68. The summed E-state index contributed by atoms with van der Waals surface area (Å²) in [5.74, 6) is -0.191. The fourth-order valence-corrected chi connectivity index (χ4v) is 4.23. The normalized spacial score (nSPS) is 11.0. The molecule has 0 unspecified atom stereocenters. The first-order chi connectivity index (χ1) is 13.0. The molecule has 2 aromatic carbocycles. The van der Waals surface area contributed by atoms with Crippen molar-refractivity contribution in [2.45, 2.75) is 16.7 Å². The summed E-state index contributed by atoms with van der Waals surface area (Å²) in [7, 11) is 0. The molecule has 0 aliphatic carbocycles. The van der Waals surface area contributed by atoms with Crippen LogP contribution in [0.1, 0.15) is 12.6 Å². The van der Waals surface area contributed by atoms with E-state index < -0.39 is 4.92 Å². The summed E-state index contributed by atoms with van der Waals surface area (Å²) in [6, 6.07) is 14.5. The van der Waals surface area contributed by atoms with Crippen LogP contribution in [0.2, 0.25) is 0 Å². The monoisotopic (exact) mass is 397 g/mol. The number of benzene rings is 2. The lowest BCUT2D eigenvalue weighted by Crippen LogP contribution is -1.92. The summed E-state index contributed by atoms with van der Waals surface area (Å²) < 4.78 is 0. The van der Waals surface area contributed by atoms with Crippen molar-refractivity contribution in [2.75, 3.05) is 0 Å². The van der Waals surface area contributed by atoms with E-state index in [1.807, 2.05) is 30.3 Å². The minimum atomic E-state index is -0.403. The first-order valence-electron chi connectivity index (χ1n) is 7.89. The van der Waals surface area contributed by atoms with Crippen LogP contribution >= 0.6 is 23.1 Å². The molecule has 3 aromatic rings. The highest BCUT2D eigenvalue weighted by molar-refractivity contribution is 7.99. The molecule has 0 bridgehead atoms. The Hall–Kier alpha value is -2.97. The van der Waals surface area contributed by atoms with Crippen molar-refractivity contribution >= 4 is 45.8 Å². The van der Waals surface area contributed by atoms with Crippen molar-refractivity contribution in [2.24, 2.45) is 4.99 Å².